The molecule has 172 valence electrons. The first-order valence-corrected chi connectivity index (χ1v) is 11.2. The number of aromatic nitrogens is 3. The van der Waals surface area contributed by atoms with E-state index >= 15 is 0 Å². The SMILES string of the molecule is O=C(NCc1ccccc1)N1CCN(Cc2nnn3c2COC(c2ccccc2F)C3)CC1. The van der Waals surface area contributed by atoms with Gasteiger partial charge in [0.2, 0.25) is 0 Å². The van der Waals surface area contributed by atoms with Crippen LogP contribution in [-0.2, 0) is 31.0 Å². The summed E-state index contributed by atoms with van der Waals surface area (Å²) in [4.78, 5) is 16.6. The van der Waals surface area contributed by atoms with Crippen LogP contribution in [0.1, 0.15) is 28.6 Å². The molecular formula is C24H27FN6O2. The molecule has 3 aromatic rings. The van der Waals surface area contributed by atoms with Crippen molar-refractivity contribution in [3.8, 4) is 0 Å². The lowest BCUT2D eigenvalue weighted by Crippen LogP contribution is -2.51. The average Bonchev–Trinajstić information content (AvgIpc) is 3.26. The quantitative estimate of drug-likeness (QED) is 0.647. The van der Waals surface area contributed by atoms with Crippen molar-refractivity contribution in [2.75, 3.05) is 26.2 Å². The maximum Gasteiger partial charge on any atom is 0.317 e. The van der Waals surface area contributed by atoms with E-state index < -0.39 is 0 Å². The normalized spacial score (nSPS) is 18.7. The molecule has 2 aromatic carbocycles. The van der Waals surface area contributed by atoms with E-state index in [2.05, 4.69) is 20.5 Å². The zero-order chi connectivity index (χ0) is 22.6. The number of rotatable bonds is 5. The van der Waals surface area contributed by atoms with Gasteiger partial charge in [-0.1, -0.05) is 53.7 Å². The molecule has 1 fully saturated rings. The molecule has 2 aliphatic heterocycles. The number of carbonyl (C=O) groups excluding carboxylic acids is 1. The predicted molar refractivity (Wildman–Crippen MR) is 119 cm³/mol. The summed E-state index contributed by atoms with van der Waals surface area (Å²) in [5, 5.41) is 11.6. The maximum atomic E-state index is 14.1. The molecule has 0 bridgehead atoms. The van der Waals surface area contributed by atoms with Crippen molar-refractivity contribution < 1.29 is 13.9 Å². The van der Waals surface area contributed by atoms with Crippen LogP contribution in [0.15, 0.2) is 54.6 Å². The van der Waals surface area contributed by atoms with Crippen LogP contribution in [0.5, 0.6) is 0 Å². The average molecular weight is 451 g/mol. The van der Waals surface area contributed by atoms with Gasteiger partial charge < -0.3 is 15.0 Å². The van der Waals surface area contributed by atoms with Crippen LogP contribution in [0.25, 0.3) is 0 Å². The van der Waals surface area contributed by atoms with E-state index in [1.54, 1.807) is 12.1 Å². The maximum absolute atomic E-state index is 14.1. The summed E-state index contributed by atoms with van der Waals surface area (Å²) >= 11 is 0. The number of urea groups is 1. The molecule has 5 rings (SSSR count). The Morgan fingerprint density at radius 3 is 2.61 bits per heavy atom. The van der Waals surface area contributed by atoms with Gasteiger partial charge in [-0.15, -0.1) is 5.10 Å². The molecule has 3 heterocycles. The lowest BCUT2D eigenvalue weighted by atomic mass is 10.1. The van der Waals surface area contributed by atoms with Gasteiger partial charge in [-0.3, -0.25) is 4.90 Å². The minimum absolute atomic E-state index is 0.0351. The van der Waals surface area contributed by atoms with Gasteiger partial charge in [0.05, 0.1) is 18.8 Å². The zero-order valence-electron chi connectivity index (χ0n) is 18.4. The number of amides is 2. The summed E-state index contributed by atoms with van der Waals surface area (Å²) in [7, 11) is 0. The van der Waals surface area contributed by atoms with Crippen molar-refractivity contribution in [1.82, 2.24) is 30.1 Å². The van der Waals surface area contributed by atoms with Gasteiger partial charge >= 0.3 is 6.03 Å². The molecule has 1 aromatic heterocycles. The van der Waals surface area contributed by atoms with Crippen molar-refractivity contribution in [3.05, 3.63) is 82.9 Å². The van der Waals surface area contributed by atoms with Gasteiger partial charge in [0.15, 0.2) is 0 Å². The van der Waals surface area contributed by atoms with Crippen molar-refractivity contribution in [2.45, 2.75) is 32.3 Å². The Morgan fingerprint density at radius 2 is 1.82 bits per heavy atom. The molecule has 2 aliphatic rings. The molecule has 8 nitrogen and oxygen atoms in total. The monoisotopic (exact) mass is 450 g/mol. The van der Waals surface area contributed by atoms with E-state index in [0.717, 1.165) is 30.0 Å². The second kappa shape index (κ2) is 9.68. The van der Waals surface area contributed by atoms with Gasteiger partial charge in [0, 0.05) is 44.8 Å². The highest BCUT2D eigenvalue weighted by Crippen LogP contribution is 2.28. The molecule has 0 spiro atoms. The number of nitrogens with one attached hydrogen (secondary N) is 1. The molecule has 1 unspecified atom stereocenters. The van der Waals surface area contributed by atoms with Crippen LogP contribution in [0, 0.1) is 5.82 Å². The lowest BCUT2D eigenvalue weighted by molar-refractivity contribution is -0.00416. The summed E-state index contributed by atoms with van der Waals surface area (Å²) in [6.07, 6.45) is -0.369. The Kier molecular flexibility index (Phi) is 6.32. The van der Waals surface area contributed by atoms with E-state index in [4.69, 9.17) is 4.74 Å². The van der Waals surface area contributed by atoms with Crippen LogP contribution >= 0.6 is 0 Å². The molecule has 1 atom stereocenters. The largest absolute Gasteiger partial charge is 0.365 e. The van der Waals surface area contributed by atoms with Crippen LogP contribution in [0.2, 0.25) is 0 Å². The first-order valence-electron chi connectivity index (χ1n) is 11.2. The molecule has 0 saturated carbocycles. The summed E-state index contributed by atoms with van der Waals surface area (Å²) in [5.41, 5.74) is 3.44. The van der Waals surface area contributed by atoms with Crippen LogP contribution in [0.3, 0.4) is 0 Å². The molecule has 2 amide bonds. The molecule has 1 N–H and O–H groups in total. The highest BCUT2D eigenvalue weighted by atomic mass is 19.1. The van der Waals surface area contributed by atoms with Crippen LogP contribution in [0.4, 0.5) is 9.18 Å². The van der Waals surface area contributed by atoms with E-state index in [-0.39, 0.29) is 18.0 Å². The Bertz CT molecular complexity index is 1100. The number of carbonyl (C=O) groups is 1. The van der Waals surface area contributed by atoms with E-state index in [9.17, 15) is 9.18 Å². The number of fused-ring (bicyclic) bond motifs is 1. The first-order chi connectivity index (χ1) is 16.2. The number of halogens is 1. The Morgan fingerprint density at radius 1 is 1.06 bits per heavy atom. The van der Waals surface area contributed by atoms with Crippen molar-refractivity contribution in [3.63, 3.8) is 0 Å². The third-order valence-corrected chi connectivity index (χ3v) is 6.25. The summed E-state index contributed by atoms with van der Waals surface area (Å²) in [5.74, 6) is -0.267. The summed E-state index contributed by atoms with van der Waals surface area (Å²) < 4.78 is 21.9. The fraction of sp³-hybridized carbons (Fsp3) is 0.375. The molecule has 33 heavy (non-hydrogen) atoms. The third-order valence-electron chi connectivity index (χ3n) is 6.25. The van der Waals surface area contributed by atoms with Crippen molar-refractivity contribution >= 4 is 6.03 Å². The van der Waals surface area contributed by atoms with Gasteiger partial charge in [0.1, 0.15) is 17.6 Å². The Labute approximate surface area is 191 Å². The highest BCUT2D eigenvalue weighted by Gasteiger charge is 2.28. The zero-order valence-corrected chi connectivity index (χ0v) is 18.4. The summed E-state index contributed by atoms with van der Waals surface area (Å²) in [6.45, 7) is 4.84. The van der Waals surface area contributed by atoms with Gasteiger partial charge in [0.25, 0.3) is 0 Å². The lowest BCUT2D eigenvalue weighted by Gasteiger charge is -2.34. The number of hydrogen-bond donors (Lipinski definition) is 1. The molecule has 9 heteroatoms. The number of hydrogen-bond acceptors (Lipinski definition) is 5. The topological polar surface area (TPSA) is 75.5 Å². The summed E-state index contributed by atoms with van der Waals surface area (Å²) in [6, 6.07) is 16.5. The fourth-order valence-electron chi connectivity index (χ4n) is 4.32. The standard InChI is InChI=1S/C24H27FN6O2/c25-20-9-5-4-8-19(20)23-16-31-22(17-33-23)21(27-28-31)15-29-10-12-30(13-11-29)24(32)26-14-18-6-2-1-3-7-18/h1-9,23H,10-17H2,(H,26,32). The van der Waals surface area contributed by atoms with Gasteiger partial charge in [-0.05, 0) is 11.6 Å². The second-order valence-electron chi connectivity index (χ2n) is 8.39. The number of ether oxygens (including phenoxy) is 1. The fourth-order valence-corrected chi connectivity index (χ4v) is 4.32. The number of piperazine rings is 1. The van der Waals surface area contributed by atoms with E-state index in [1.807, 2.05) is 46.0 Å². The highest BCUT2D eigenvalue weighted by molar-refractivity contribution is 5.74. The van der Waals surface area contributed by atoms with Gasteiger partial charge in [-0.2, -0.15) is 0 Å². The van der Waals surface area contributed by atoms with E-state index in [0.29, 0.717) is 44.9 Å². The predicted octanol–water partition coefficient (Wildman–Crippen LogP) is 2.72. The molecular weight excluding hydrogens is 423 g/mol. The third kappa shape index (κ3) is 4.89. The van der Waals surface area contributed by atoms with Crippen LogP contribution < -0.4 is 5.32 Å². The molecule has 1 saturated heterocycles. The minimum atomic E-state index is -0.369. The van der Waals surface area contributed by atoms with Crippen molar-refractivity contribution in [1.29, 1.82) is 0 Å². The van der Waals surface area contributed by atoms with E-state index in [1.165, 1.54) is 6.07 Å². The van der Waals surface area contributed by atoms with Crippen molar-refractivity contribution in [2.24, 2.45) is 0 Å². The van der Waals surface area contributed by atoms with Crippen LogP contribution in [-0.4, -0.2) is 57.0 Å². The number of nitrogens with zero attached hydrogens (tertiary/aromatic N) is 5. The Hall–Kier alpha value is -3.30. The smallest absolute Gasteiger partial charge is 0.317 e. The molecule has 0 aliphatic carbocycles. The molecule has 0 radical (unpaired) electrons. The Balaban J connectivity index is 1.13. The van der Waals surface area contributed by atoms with Gasteiger partial charge in [-0.25, -0.2) is 13.9 Å². The number of benzene rings is 2. The minimum Gasteiger partial charge on any atom is -0.365 e. The first kappa shape index (κ1) is 21.5. The second-order valence-corrected chi connectivity index (χ2v) is 8.39.